The lowest BCUT2D eigenvalue weighted by atomic mass is 9.87. The second kappa shape index (κ2) is 12.5. The Morgan fingerprint density at radius 3 is 2.70 bits per heavy atom. The number of nitrogens with zero attached hydrogens (tertiary/aromatic N) is 4. The number of esters is 1. The molecule has 1 amide bonds. The molecule has 14 heteroatoms. The number of amides is 1. The number of carbonyl (C=O) groups excluding carboxylic acids is 2. The largest absolute Gasteiger partial charge is 0.463 e. The first-order chi connectivity index (χ1) is 20.2. The number of alkyl halides is 3. The third kappa shape index (κ3) is 6.99. The fraction of sp³-hybridized carbons (Fsp3) is 0.483. The van der Waals surface area contributed by atoms with Crippen molar-refractivity contribution in [1.29, 1.82) is 5.26 Å². The Kier molecular flexibility index (Phi) is 9.15. The first-order valence-corrected chi connectivity index (χ1v) is 13.7. The van der Waals surface area contributed by atoms with E-state index in [1.54, 1.807) is 23.7 Å². The number of H-pyrrole nitrogens is 1. The topological polar surface area (TPSA) is 142 Å². The fourth-order valence-corrected chi connectivity index (χ4v) is 5.06. The van der Waals surface area contributed by atoms with Crippen LogP contribution in [0.5, 0.6) is 0 Å². The lowest BCUT2D eigenvalue weighted by molar-refractivity contribution is -0.166. The number of aromatic nitrogens is 3. The predicted molar refractivity (Wildman–Crippen MR) is 151 cm³/mol. The zero-order valence-electron chi connectivity index (χ0n) is 24.2. The summed E-state index contributed by atoms with van der Waals surface area (Å²) < 4.78 is 51.2. The third-order valence-electron chi connectivity index (χ3n) is 7.19. The summed E-state index contributed by atoms with van der Waals surface area (Å²) in [6, 6.07) is 8.31. The van der Waals surface area contributed by atoms with Crippen molar-refractivity contribution in [2.75, 3.05) is 32.1 Å². The maximum Gasteiger partial charge on any atom is 0.406 e. The highest BCUT2D eigenvalue weighted by atomic mass is 19.4. The minimum Gasteiger partial charge on any atom is -0.463 e. The number of pyridine rings is 1. The van der Waals surface area contributed by atoms with Crippen molar-refractivity contribution in [3.05, 3.63) is 51.9 Å². The molecule has 1 unspecified atom stereocenters. The molecule has 2 aromatic heterocycles. The predicted octanol–water partition coefficient (Wildman–Crippen LogP) is 4.40. The molecule has 0 spiro atoms. The Morgan fingerprint density at radius 1 is 1.35 bits per heavy atom. The standard InChI is InChI=1S/C29H33F3N6O5/c1-17(2)14-42-27(41)22-7-9-28(10-11-33,16-43-22)38-21-8-12-34-25(39)23(21)24(36-38)35-19-5-6-20(18(3)13-19)26(40)37(4)15-29(30,31)32/h5-6,8,12-13,17,22H,7,9-10,14-16H2,1-4H3,(H,34,39)(H,35,36)/t22?,28-/m0/s1. The Hall–Kier alpha value is -4.38. The maximum atomic E-state index is 13.0. The average Bonchev–Trinajstić information content (AvgIpc) is 3.31. The van der Waals surface area contributed by atoms with Crippen LogP contribution in [0.2, 0.25) is 0 Å². The van der Waals surface area contributed by atoms with Crippen molar-refractivity contribution in [3.8, 4) is 6.07 Å². The summed E-state index contributed by atoms with van der Waals surface area (Å²) in [6.45, 7) is 4.30. The number of carbonyl (C=O) groups is 2. The van der Waals surface area contributed by atoms with Crippen LogP contribution in [-0.4, -0.2) is 70.6 Å². The molecule has 11 nitrogen and oxygen atoms in total. The van der Waals surface area contributed by atoms with Crippen LogP contribution in [0.15, 0.2) is 35.3 Å². The maximum absolute atomic E-state index is 13.0. The van der Waals surface area contributed by atoms with Crippen molar-refractivity contribution in [2.24, 2.45) is 5.92 Å². The molecule has 2 atom stereocenters. The summed E-state index contributed by atoms with van der Waals surface area (Å²) in [6.07, 6.45) is -3.23. The smallest absolute Gasteiger partial charge is 0.406 e. The molecular formula is C29H33F3N6O5. The number of rotatable bonds is 9. The molecule has 1 fully saturated rings. The van der Waals surface area contributed by atoms with Gasteiger partial charge in [0.1, 0.15) is 11.9 Å². The van der Waals surface area contributed by atoms with Crippen molar-refractivity contribution in [2.45, 2.75) is 57.9 Å². The van der Waals surface area contributed by atoms with Gasteiger partial charge in [-0.15, -0.1) is 0 Å². The number of aromatic amines is 1. The number of hydrogen-bond donors (Lipinski definition) is 2. The molecule has 0 aliphatic carbocycles. The molecule has 43 heavy (non-hydrogen) atoms. The quantitative estimate of drug-likeness (QED) is 0.343. The van der Waals surface area contributed by atoms with Gasteiger partial charge in [0.25, 0.3) is 11.5 Å². The molecule has 4 rings (SSSR count). The number of nitrogens with one attached hydrogen (secondary N) is 2. The van der Waals surface area contributed by atoms with Crippen molar-refractivity contribution < 1.29 is 32.2 Å². The fourth-order valence-electron chi connectivity index (χ4n) is 5.06. The van der Waals surface area contributed by atoms with Gasteiger partial charge in [0.15, 0.2) is 11.9 Å². The van der Waals surface area contributed by atoms with E-state index in [-0.39, 0.29) is 48.7 Å². The van der Waals surface area contributed by atoms with E-state index >= 15 is 0 Å². The van der Waals surface area contributed by atoms with Crippen molar-refractivity contribution in [3.63, 3.8) is 0 Å². The molecule has 0 radical (unpaired) electrons. The van der Waals surface area contributed by atoms with E-state index in [9.17, 15) is 32.8 Å². The van der Waals surface area contributed by atoms with Gasteiger partial charge in [0.05, 0.1) is 36.8 Å². The Morgan fingerprint density at radius 2 is 2.09 bits per heavy atom. The molecule has 230 valence electrons. The number of nitriles is 1. The zero-order valence-corrected chi connectivity index (χ0v) is 24.2. The molecule has 1 saturated heterocycles. The van der Waals surface area contributed by atoms with E-state index in [0.717, 1.165) is 7.05 Å². The second-order valence-electron chi connectivity index (χ2n) is 11.2. The lowest BCUT2D eigenvalue weighted by Crippen LogP contribution is -2.47. The number of halogens is 3. The van der Waals surface area contributed by atoms with Gasteiger partial charge in [-0.3, -0.25) is 14.3 Å². The van der Waals surface area contributed by atoms with Crippen LogP contribution in [-0.2, 0) is 19.8 Å². The molecule has 0 saturated carbocycles. The molecule has 3 heterocycles. The summed E-state index contributed by atoms with van der Waals surface area (Å²) in [4.78, 5) is 41.3. The van der Waals surface area contributed by atoms with E-state index in [1.807, 2.05) is 13.8 Å². The normalized spacial score (nSPS) is 18.8. The molecule has 3 aromatic rings. The second-order valence-corrected chi connectivity index (χ2v) is 11.2. The molecule has 1 aromatic carbocycles. The SMILES string of the molecule is Cc1cc(Nc2nn([C@]3(CC#N)CCC(C(=O)OCC(C)C)OC3)c3cc[nH]c(=O)c23)ccc1C(=O)N(C)CC(F)(F)F. The third-order valence-corrected chi connectivity index (χ3v) is 7.19. The number of aryl methyl sites for hydroxylation is 1. The summed E-state index contributed by atoms with van der Waals surface area (Å²) in [5, 5.41) is 17.7. The van der Waals surface area contributed by atoms with Gasteiger partial charge in [-0.05, 0) is 55.5 Å². The van der Waals surface area contributed by atoms with E-state index in [0.29, 0.717) is 28.1 Å². The minimum absolute atomic E-state index is 0.00879. The zero-order chi connectivity index (χ0) is 31.5. The first kappa shape index (κ1) is 31.6. The number of hydrogen-bond acceptors (Lipinski definition) is 8. The molecular weight excluding hydrogens is 569 g/mol. The first-order valence-electron chi connectivity index (χ1n) is 13.7. The Labute approximate surface area is 245 Å². The summed E-state index contributed by atoms with van der Waals surface area (Å²) in [5.41, 5.74) is -0.0431. The minimum atomic E-state index is -4.53. The molecule has 2 N–H and O–H groups in total. The van der Waals surface area contributed by atoms with Gasteiger partial charge in [-0.25, -0.2) is 4.79 Å². The van der Waals surface area contributed by atoms with E-state index in [1.165, 1.54) is 18.3 Å². The Bertz CT molecular complexity index is 1600. The van der Waals surface area contributed by atoms with Crippen LogP contribution in [0.1, 0.15) is 49.0 Å². The van der Waals surface area contributed by atoms with Crippen LogP contribution < -0.4 is 10.9 Å². The lowest BCUT2D eigenvalue weighted by Gasteiger charge is -2.38. The molecule has 1 aliphatic rings. The number of ether oxygens (including phenoxy) is 2. The van der Waals surface area contributed by atoms with Crippen LogP contribution in [0.4, 0.5) is 24.7 Å². The van der Waals surface area contributed by atoms with Crippen LogP contribution >= 0.6 is 0 Å². The van der Waals surface area contributed by atoms with Crippen molar-refractivity contribution in [1.82, 2.24) is 19.7 Å². The average molecular weight is 603 g/mol. The van der Waals surface area contributed by atoms with Crippen LogP contribution in [0, 0.1) is 24.2 Å². The van der Waals surface area contributed by atoms with Gasteiger partial charge >= 0.3 is 12.1 Å². The molecule has 0 bridgehead atoms. The van der Waals surface area contributed by atoms with Crippen molar-refractivity contribution >= 4 is 34.3 Å². The van der Waals surface area contributed by atoms with Gasteiger partial charge in [-0.2, -0.15) is 23.5 Å². The summed E-state index contributed by atoms with van der Waals surface area (Å²) in [7, 11) is 1.08. The van der Waals surface area contributed by atoms with E-state index in [2.05, 4.69) is 21.5 Å². The van der Waals surface area contributed by atoms with Crippen LogP contribution in [0.25, 0.3) is 10.9 Å². The number of anilines is 2. The van der Waals surface area contributed by atoms with E-state index < -0.39 is 41.8 Å². The summed E-state index contributed by atoms with van der Waals surface area (Å²) >= 11 is 0. The highest BCUT2D eigenvalue weighted by molar-refractivity contribution is 5.96. The van der Waals surface area contributed by atoms with Gasteiger partial charge < -0.3 is 24.7 Å². The van der Waals surface area contributed by atoms with E-state index in [4.69, 9.17) is 9.47 Å². The summed E-state index contributed by atoms with van der Waals surface area (Å²) in [5.74, 6) is -0.916. The number of fused-ring (bicyclic) bond motifs is 1. The van der Waals surface area contributed by atoms with Gasteiger partial charge in [0, 0.05) is 24.5 Å². The molecule has 1 aliphatic heterocycles. The van der Waals surface area contributed by atoms with Crippen LogP contribution in [0.3, 0.4) is 0 Å². The van der Waals surface area contributed by atoms with Gasteiger partial charge in [-0.1, -0.05) is 13.8 Å². The highest BCUT2D eigenvalue weighted by Gasteiger charge is 2.42. The highest BCUT2D eigenvalue weighted by Crippen LogP contribution is 2.37. The Balaban J connectivity index is 1.64. The monoisotopic (exact) mass is 602 g/mol. The number of benzene rings is 1. The van der Waals surface area contributed by atoms with Gasteiger partial charge in [0.2, 0.25) is 0 Å².